The minimum atomic E-state index is -0.507. The summed E-state index contributed by atoms with van der Waals surface area (Å²) in [5.41, 5.74) is 7.57. The number of aliphatic hydroxyl groups is 1. The number of aryl methyl sites for hydroxylation is 1. The molecule has 24 heavy (non-hydrogen) atoms. The first-order valence-electron chi connectivity index (χ1n) is 7.68. The van der Waals surface area contributed by atoms with E-state index in [1.165, 1.54) is 12.1 Å². The van der Waals surface area contributed by atoms with E-state index < -0.39 is 6.10 Å². The molecule has 0 bridgehead atoms. The van der Waals surface area contributed by atoms with Gasteiger partial charge >= 0.3 is 0 Å². The average molecular weight is 328 g/mol. The van der Waals surface area contributed by atoms with E-state index in [-0.39, 0.29) is 11.9 Å². The lowest BCUT2D eigenvalue weighted by Gasteiger charge is -2.25. The summed E-state index contributed by atoms with van der Waals surface area (Å²) < 4.78 is 14.8. The zero-order valence-electron chi connectivity index (χ0n) is 13.1. The fourth-order valence-electron chi connectivity index (χ4n) is 3.20. The van der Waals surface area contributed by atoms with E-state index in [1.54, 1.807) is 30.1 Å². The van der Waals surface area contributed by atoms with Gasteiger partial charge in [-0.3, -0.25) is 4.68 Å². The van der Waals surface area contributed by atoms with Crippen molar-refractivity contribution in [2.75, 3.05) is 17.2 Å². The minimum absolute atomic E-state index is 0.134. The van der Waals surface area contributed by atoms with Crippen molar-refractivity contribution in [1.82, 2.24) is 19.7 Å². The molecule has 124 valence electrons. The molecule has 1 aliphatic heterocycles. The molecule has 1 saturated heterocycles. The van der Waals surface area contributed by atoms with Crippen molar-refractivity contribution in [3.63, 3.8) is 0 Å². The topological polar surface area (TPSA) is 93.1 Å². The Labute approximate surface area is 137 Å². The van der Waals surface area contributed by atoms with E-state index in [2.05, 4.69) is 15.1 Å². The van der Waals surface area contributed by atoms with Crippen LogP contribution in [0.5, 0.6) is 0 Å². The lowest BCUT2D eigenvalue weighted by Crippen LogP contribution is -2.26. The number of nitrogens with zero attached hydrogens (tertiary/aromatic N) is 5. The molecule has 0 spiro atoms. The number of β-amino-alcohol motifs (C(OH)–C–C–N with tert-alkyl or cyclic N) is 1. The quantitative estimate of drug-likeness (QED) is 0.738. The monoisotopic (exact) mass is 328 g/mol. The molecule has 0 radical (unpaired) electrons. The molecule has 4 rings (SSSR count). The van der Waals surface area contributed by atoms with Crippen LogP contribution in [0.4, 0.5) is 16.2 Å². The maximum Gasteiger partial charge on any atom is 0.229 e. The molecule has 3 heterocycles. The van der Waals surface area contributed by atoms with Gasteiger partial charge in [-0.2, -0.15) is 15.1 Å². The number of aromatic nitrogens is 4. The number of hydrogen-bond donors (Lipinski definition) is 2. The van der Waals surface area contributed by atoms with E-state index >= 15 is 0 Å². The molecule has 3 N–H and O–H groups in total. The summed E-state index contributed by atoms with van der Waals surface area (Å²) in [5, 5.41) is 15.0. The van der Waals surface area contributed by atoms with Gasteiger partial charge in [0.25, 0.3) is 0 Å². The van der Waals surface area contributed by atoms with Crippen LogP contribution in [0, 0.1) is 5.82 Å². The van der Waals surface area contributed by atoms with Crippen molar-refractivity contribution in [2.45, 2.75) is 18.6 Å². The van der Waals surface area contributed by atoms with Gasteiger partial charge in [0.15, 0.2) is 5.65 Å². The Bertz CT molecular complexity index is 893. The van der Waals surface area contributed by atoms with Gasteiger partial charge in [0, 0.05) is 13.6 Å². The lowest BCUT2D eigenvalue weighted by atomic mass is 10.0. The second-order valence-electron chi connectivity index (χ2n) is 6.02. The van der Waals surface area contributed by atoms with E-state index in [1.807, 2.05) is 4.90 Å². The zero-order valence-corrected chi connectivity index (χ0v) is 13.1. The Morgan fingerprint density at radius 3 is 2.75 bits per heavy atom. The Hall–Kier alpha value is -2.74. The van der Waals surface area contributed by atoms with E-state index in [4.69, 9.17) is 5.73 Å². The predicted molar refractivity (Wildman–Crippen MR) is 87.8 cm³/mol. The molecular weight excluding hydrogens is 311 g/mol. The van der Waals surface area contributed by atoms with Crippen LogP contribution >= 0.6 is 0 Å². The Kier molecular flexibility index (Phi) is 3.34. The lowest BCUT2D eigenvalue weighted by molar-refractivity contribution is 0.194. The number of fused-ring (bicyclic) bond motifs is 1. The highest BCUT2D eigenvalue weighted by molar-refractivity contribution is 5.86. The second kappa shape index (κ2) is 5.41. The highest BCUT2D eigenvalue weighted by Gasteiger charge is 2.34. The normalized spacial score (nSPS) is 20.9. The van der Waals surface area contributed by atoms with Crippen LogP contribution in [0.3, 0.4) is 0 Å². The molecule has 3 aromatic rings. The molecule has 0 amide bonds. The summed E-state index contributed by atoms with van der Waals surface area (Å²) in [5.74, 6) is 0.498. The van der Waals surface area contributed by atoms with Crippen LogP contribution < -0.4 is 10.6 Å². The SMILES string of the molecule is Cn1ncc2c(N)nc(N3C[C@H](O)C[C@@H]3c3ccc(F)cc3)nc21. The number of benzene rings is 1. The van der Waals surface area contributed by atoms with Crippen molar-refractivity contribution < 1.29 is 9.50 Å². The molecule has 1 aromatic carbocycles. The maximum atomic E-state index is 13.2. The average Bonchev–Trinajstić information content (AvgIpc) is 3.12. The van der Waals surface area contributed by atoms with Crippen molar-refractivity contribution in [2.24, 2.45) is 7.05 Å². The molecule has 1 aliphatic rings. The standard InChI is InChI=1S/C16H17FN6O/c1-22-15-12(7-19-22)14(18)20-16(21-15)23-8-11(24)6-13(23)9-2-4-10(17)5-3-9/h2-5,7,11,13,24H,6,8H2,1H3,(H2,18,20,21)/t11-,13-/m1/s1. The third-order valence-corrected chi connectivity index (χ3v) is 4.40. The summed E-state index contributed by atoms with van der Waals surface area (Å²) in [7, 11) is 1.79. The molecule has 7 nitrogen and oxygen atoms in total. The van der Waals surface area contributed by atoms with E-state index in [0.717, 1.165) is 5.56 Å². The predicted octanol–water partition coefficient (Wildman–Crippen LogP) is 1.40. The van der Waals surface area contributed by atoms with Gasteiger partial charge in [-0.25, -0.2) is 4.39 Å². The number of rotatable bonds is 2. The van der Waals surface area contributed by atoms with E-state index in [9.17, 15) is 9.50 Å². The van der Waals surface area contributed by atoms with Crippen molar-refractivity contribution in [1.29, 1.82) is 0 Å². The Morgan fingerprint density at radius 2 is 2.00 bits per heavy atom. The summed E-state index contributed by atoms with van der Waals surface area (Å²) >= 11 is 0. The third kappa shape index (κ3) is 2.35. The number of nitrogen functional groups attached to an aromatic ring is 1. The van der Waals surface area contributed by atoms with Crippen molar-refractivity contribution in [3.05, 3.63) is 41.8 Å². The first-order chi connectivity index (χ1) is 11.5. The van der Waals surface area contributed by atoms with Gasteiger partial charge in [-0.05, 0) is 24.1 Å². The van der Waals surface area contributed by atoms with Crippen LogP contribution in [-0.2, 0) is 7.05 Å². The van der Waals surface area contributed by atoms with Crippen LogP contribution in [0.1, 0.15) is 18.0 Å². The van der Waals surface area contributed by atoms with Gasteiger partial charge in [0.2, 0.25) is 5.95 Å². The molecule has 0 aliphatic carbocycles. The highest BCUT2D eigenvalue weighted by Crippen LogP contribution is 2.35. The fourth-order valence-corrected chi connectivity index (χ4v) is 3.20. The van der Waals surface area contributed by atoms with Gasteiger partial charge < -0.3 is 15.7 Å². The molecule has 0 unspecified atom stereocenters. The molecule has 2 aromatic heterocycles. The fraction of sp³-hybridized carbons (Fsp3) is 0.312. The van der Waals surface area contributed by atoms with Crippen LogP contribution in [0.15, 0.2) is 30.5 Å². The highest BCUT2D eigenvalue weighted by atomic mass is 19.1. The van der Waals surface area contributed by atoms with Crippen molar-refractivity contribution >= 4 is 22.8 Å². The van der Waals surface area contributed by atoms with Gasteiger partial charge in [0.1, 0.15) is 11.6 Å². The van der Waals surface area contributed by atoms with Crippen LogP contribution in [0.25, 0.3) is 11.0 Å². The Morgan fingerprint density at radius 1 is 1.25 bits per heavy atom. The van der Waals surface area contributed by atoms with Gasteiger partial charge in [-0.15, -0.1) is 0 Å². The number of aliphatic hydroxyl groups excluding tert-OH is 1. The second-order valence-corrected chi connectivity index (χ2v) is 6.02. The van der Waals surface area contributed by atoms with Gasteiger partial charge in [-0.1, -0.05) is 12.1 Å². The molecule has 0 saturated carbocycles. The van der Waals surface area contributed by atoms with E-state index in [0.29, 0.717) is 35.8 Å². The van der Waals surface area contributed by atoms with Gasteiger partial charge in [0.05, 0.1) is 23.7 Å². The Balaban J connectivity index is 1.78. The number of anilines is 2. The van der Waals surface area contributed by atoms with Crippen LogP contribution in [0.2, 0.25) is 0 Å². The summed E-state index contributed by atoms with van der Waals surface area (Å²) in [4.78, 5) is 10.8. The molecule has 2 atom stereocenters. The maximum absolute atomic E-state index is 13.2. The zero-order chi connectivity index (χ0) is 16.8. The van der Waals surface area contributed by atoms with Crippen molar-refractivity contribution in [3.8, 4) is 0 Å². The number of nitrogens with two attached hydrogens (primary N) is 1. The molecule has 8 heteroatoms. The summed E-state index contributed by atoms with van der Waals surface area (Å²) in [6.07, 6.45) is 1.65. The minimum Gasteiger partial charge on any atom is -0.391 e. The summed E-state index contributed by atoms with van der Waals surface area (Å²) in [6.45, 7) is 0.394. The molecular formula is C16H17FN6O. The largest absolute Gasteiger partial charge is 0.391 e. The third-order valence-electron chi connectivity index (χ3n) is 4.40. The summed E-state index contributed by atoms with van der Waals surface area (Å²) in [6, 6.07) is 6.13. The first-order valence-corrected chi connectivity index (χ1v) is 7.68. The number of hydrogen-bond acceptors (Lipinski definition) is 6. The van der Waals surface area contributed by atoms with Crippen LogP contribution in [-0.4, -0.2) is 37.5 Å². The first kappa shape index (κ1) is 14.8. The molecule has 1 fully saturated rings. The number of halogens is 1. The smallest absolute Gasteiger partial charge is 0.229 e.